The Kier molecular flexibility index (Phi) is 3.24. The van der Waals surface area contributed by atoms with Crippen LogP contribution in [0.25, 0.3) is 0 Å². The summed E-state index contributed by atoms with van der Waals surface area (Å²) in [6, 6.07) is 5.45. The van der Waals surface area contributed by atoms with Gasteiger partial charge in [0.1, 0.15) is 10.7 Å². The fraction of sp³-hybridized carbons (Fsp3) is 0.0909. The highest BCUT2D eigenvalue weighted by atomic mass is 32.1. The minimum atomic E-state index is 0.254. The van der Waals surface area contributed by atoms with E-state index in [1.807, 2.05) is 19.1 Å². The highest BCUT2D eigenvalue weighted by molar-refractivity contribution is 7.80. The van der Waals surface area contributed by atoms with E-state index in [-0.39, 0.29) is 4.99 Å². The minimum Gasteiger partial charge on any atom is -0.388 e. The third-order valence-corrected chi connectivity index (χ3v) is 2.23. The number of pyridine rings is 1. The summed E-state index contributed by atoms with van der Waals surface area (Å²) < 4.78 is 0. The Bertz CT molecular complexity index is 541. The predicted octanol–water partition coefficient (Wildman–Crippen LogP) is 1.56. The molecule has 86 valence electrons. The summed E-state index contributed by atoms with van der Waals surface area (Å²) in [5.41, 5.74) is 7.71. The molecule has 2 aromatic heterocycles. The lowest BCUT2D eigenvalue weighted by Crippen LogP contribution is -2.13. The maximum absolute atomic E-state index is 5.55. The average molecular weight is 245 g/mol. The van der Waals surface area contributed by atoms with Gasteiger partial charge in [-0.15, -0.1) is 0 Å². The Balaban J connectivity index is 2.30. The molecule has 0 bridgehead atoms. The van der Waals surface area contributed by atoms with Crippen LogP contribution in [0.5, 0.6) is 0 Å². The third kappa shape index (κ3) is 2.94. The molecule has 0 aliphatic rings. The number of nitrogens with one attached hydrogen (secondary N) is 1. The Hall–Kier alpha value is -2.08. The van der Waals surface area contributed by atoms with E-state index in [4.69, 9.17) is 18.0 Å². The van der Waals surface area contributed by atoms with Crippen LogP contribution in [-0.4, -0.2) is 19.9 Å². The zero-order chi connectivity index (χ0) is 12.3. The van der Waals surface area contributed by atoms with Crippen LogP contribution in [0.15, 0.2) is 30.6 Å². The number of nitrogens with zero attached hydrogens (tertiary/aromatic N) is 3. The van der Waals surface area contributed by atoms with E-state index in [2.05, 4.69) is 20.3 Å². The molecule has 3 N–H and O–H groups in total. The summed E-state index contributed by atoms with van der Waals surface area (Å²) in [6.07, 6.45) is 3.38. The number of aryl methyl sites for hydroxylation is 1. The minimum absolute atomic E-state index is 0.254. The Morgan fingerprint density at radius 1 is 1.41 bits per heavy atom. The molecule has 0 spiro atoms. The molecule has 0 aromatic carbocycles. The Morgan fingerprint density at radius 3 is 2.88 bits per heavy atom. The molecule has 0 saturated carbocycles. The molecule has 0 radical (unpaired) electrons. The van der Waals surface area contributed by atoms with Crippen LogP contribution in [-0.2, 0) is 0 Å². The van der Waals surface area contributed by atoms with E-state index in [0.717, 1.165) is 11.4 Å². The monoisotopic (exact) mass is 245 g/mol. The standard InChI is InChI=1S/C11H11N5S/c1-7-5-9(10(12)17)16-11(14-7)15-8-3-2-4-13-6-8/h2-6H,1H3,(H2,12,17)(H,14,15,16). The van der Waals surface area contributed by atoms with E-state index in [9.17, 15) is 0 Å². The molecule has 0 saturated heterocycles. The number of hydrogen-bond donors (Lipinski definition) is 2. The lowest BCUT2D eigenvalue weighted by Gasteiger charge is -2.06. The predicted molar refractivity (Wildman–Crippen MR) is 70.2 cm³/mol. The molecule has 0 unspecified atom stereocenters. The fourth-order valence-corrected chi connectivity index (χ4v) is 1.42. The van der Waals surface area contributed by atoms with E-state index in [1.54, 1.807) is 18.5 Å². The van der Waals surface area contributed by atoms with Crippen molar-refractivity contribution in [2.75, 3.05) is 5.32 Å². The van der Waals surface area contributed by atoms with Crippen molar-refractivity contribution in [3.63, 3.8) is 0 Å². The summed E-state index contributed by atoms with van der Waals surface area (Å²) in [7, 11) is 0. The van der Waals surface area contributed by atoms with Gasteiger partial charge in [0.05, 0.1) is 11.9 Å². The molecule has 2 heterocycles. The van der Waals surface area contributed by atoms with Crippen molar-refractivity contribution >= 4 is 28.8 Å². The molecule has 0 amide bonds. The SMILES string of the molecule is Cc1cc(C(N)=S)nc(Nc2cccnc2)n1. The van der Waals surface area contributed by atoms with Crippen molar-refractivity contribution < 1.29 is 0 Å². The van der Waals surface area contributed by atoms with Crippen LogP contribution >= 0.6 is 12.2 Å². The van der Waals surface area contributed by atoms with Gasteiger partial charge in [0.2, 0.25) is 5.95 Å². The van der Waals surface area contributed by atoms with E-state index in [0.29, 0.717) is 11.6 Å². The van der Waals surface area contributed by atoms with E-state index < -0.39 is 0 Å². The van der Waals surface area contributed by atoms with Crippen molar-refractivity contribution in [3.8, 4) is 0 Å². The van der Waals surface area contributed by atoms with E-state index in [1.165, 1.54) is 0 Å². The topological polar surface area (TPSA) is 76.7 Å². The van der Waals surface area contributed by atoms with Crippen molar-refractivity contribution in [2.45, 2.75) is 6.92 Å². The van der Waals surface area contributed by atoms with Gasteiger partial charge in [-0.25, -0.2) is 9.97 Å². The molecular weight excluding hydrogens is 234 g/mol. The van der Waals surface area contributed by atoms with Gasteiger partial charge < -0.3 is 11.1 Å². The van der Waals surface area contributed by atoms with Crippen LogP contribution < -0.4 is 11.1 Å². The number of thiocarbonyl (C=S) groups is 1. The first-order chi connectivity index (χ1) is 8.15. The van der Waals surface area contributed by atoms with Gasteiger partial charge in [0, 0.05) is 11.9 Å². The average Bonchev–Trinajstić information content (AvgIpc) is 2.29. The second kappa shape index (κ2) is 4.84. The number of hydrogen-bond acceptors (Lipinski definition) is 5. The van der Waals surface area contributed by atoms with Crippen molar-refractivity contribution in [1.82, 2.24) is 15.0 Å². The molecule has 0 aliphatic carbocycles. The van der Waals surface area contributed by atoms with Gasteiger partial charge in [0.15, 0.2) is 0 Å². The lowest BCUT2D eigenvalue weighted by atomic mass is 10.3. The molecule has 2 rings (SSSR count). The highest BCUT2D eigenvalue weighted by Crippen LogP contribution is 2.12. The summed E-state index contributed by atoms with van der Waals surface area (Å²) in [6.45, 7) is 1.86. The largest absolute Gasteiger partial charge is 0.388 e. The Morgan fingerprint density at radius 2 is 2.24 bits per heavy atom. The summed E-state index contributed by atoms with van der Waals surface area (Å²) in [5, 5.41) is 3.04. The molecule has 17 heavy (non-hydrogen) atoms. The van der Waals surface area contributed by atoms with Crippen molar-refractivity contribution in [3.05, 3.63) is 42.0 Å². The molecule has 6 heteroatoms. The molecule has 2 aromatic rings. The summed E-state index contributed by atoms with van der Waals surface area (Å²) >= 11 is 4.89. The van der Waals surface area contributed by atoms with Crippen LogP contribution in [0.4, 0.5) is 11.6 Å². The molecule has 0 aliphatic heterocycles. The maximum atomic E-state index is 5.55. The van der Waals surface area contributed by atoms with Gasteiger partial charge in [-0.05, 0) is 25.1 Å². The first-order valence-electron chi connectivity index (χ1n) is 4.97. The van der Waals surface area contributed by atoms with Crippen LogP contribution in [0.1, 0.15) is 11.4 Å². The second-order valence-electron chi connectivity index (χ2n) is 3.45. The van der Waals surface area contributed by atoms with Crippen LogP contribution in [0.2, 0.25) is 0 Å². The fourth-order valence-electron chi connectivity index (χ4n) is 1.32. The number of rotatable bonds is 3. The first-order valence-corrected chi connectivity index (χ1v) is 5.38. The quantitative estimate of drug-likeness (QED) is 0.799. The number of aromatic nitrogens is 3. The number of nitrogens with two attached hydrogens (primary N) is 1. The summed E-state index contributed by atoms with van der Waals surface area (Å²) in [5.74, 6) is 0.459. The van der Waals surface area contributed by atoms with Gasteiger partial charge in [-0.2, -0.15) is 0 Å². The second-order valence-corrected chi connectivity index (χ2v) is 3.89. The van der Waals surface area contributed by atoms with Gasteiger partial charge in [-0.1, -0.05) is 12.2 Å². The lowest BCUT2D eigenvalue weighted by molar-refractivity contribution is 1.09. The highest BCUT2D eigenvalue weighted by Gasteiger charge is 2.04. The van der Waals surface area contributed by atoms with Gasteiger partial charge in [0.25, 0.3) is 0 Å². The normalized spacial score (nSPS) is 9.94. The van der Waals surface area contributed by atoms with Gasteiger partial charge >= 0.3 is 0 Å². The Labute approximate surface area is 104 Å². The van der Waals surface area contributed by atoms with Crippen LogP contribution in [0, 0.1) is 6.92 Å². The zero-order valence-electron chi connectivity index (χ0n) is 9.21. The van der Waals surface area contributed by atoms with Crippen molar-refractivity contribution in [1.29, 1.82) is 0 Å². The zero-order valence-corrected chi connectivity index (χ0v) is 10.0. The molecule has 5 nitrogen and oxygen atoms in total. The number of anilines is 2. The molecule has 0 fully saturated rings. The molecular formula is C11H11N5S. The summed E-state index contributed by atoms with van der Waals surface area (Å²) in [4.78, 5) is 12.7. The van der Waals surface area contributed by atoms with Crippen molar-refractivity contribution in [2.24, 2.45) is 5.73 Å². The first kappa shape index (κ1) is 11.4. The van der Waals surface area contributed by atoms with Gasteiger partial charge in [-0.3, -0.25) is 4.98 Å². The maximum Gasteiger partial charge on any atom is 0.228 e. The third-order valence-electron chi connectivity index (χ3n) is 2.02. The molecule has 0 atom stereocenters. The van der Waals surface area contributed by atoms with E-state index >= 15 is 0 Å². The van der Waals surface area contributed by atoms with Crippen LogP contribution in [0.3, 0.4) is 0 Å². The smallest absolute Gasteiger partial charge is 0.228 e.